The Morgan fingerprint density at radius 3 is 2.62 bits per heavy atom. The molecule has 0 aromatic heterocycles. The van der Waals surface area contributed by atoms with Gasteiger partial charge in [0.1, 0.15) is 12.4 Å². The van der Waals surface area contributed by atoms with E-state index in [1.54, 1.807) is 7.05 Å². The molecule has 0 aliphatic carbocycles. The fourth-order valence-corrected chi connectivity index (χ4v) is 2.25. The first kappa shape index (κ1) is 20.3. The van der Waals surface area contributed by atoms with Gasteiger partial charge in [-0.25, -0.2) is 0 Å². The lowest BCUT2D eigenvalue weighted by atomic mass is 10.1. The number of nitrogens with one attached hydrogen (secondary N) is 2. The first-order valence-electron chi connectivity index (χ1n) is 8.83. The van der Waals surface area contributed by atoms with Gasteiger partial charge >= 0.3 is 0 Å². The fraction of sp³-hybridized carbons (Fsp3) is 0.632. The summed E-state index contributed by atoms with van der Waals surface area (Å²) in [6, 6.07) is 8.15. The summed E-state index contributed by atoms with van der Waals surface area (Å²) in [5.41, 5.74) is 1.14. The minimum Gasteiger partial charge on any atom is -0.492 e. The molecule has 0 bridgehead atoms. The van der Waals surface area contributed by atoms with Crippen molar-refractivity contribution in [2.24, 2.45) is 10.9 Å². The van der Waals surface area contributed by atoms with Crippen LogP contribution in [-0.4, -0.2) is 51.7 Å². The van der Waals surface area contributed by atoms with E-state index < -0.39 is 0 Å². The zero-order chi connectivity index (χ0) is 17.8. The van der Waals surface area contributed by atoms with Crippen molar-refractivity contribution in [3.05, 3.63) is 29.8 Å². The molecule has 0 heterocycles. The summed E-state index contributed by atoms with van der Waals surface area (Å²) in [5.74, 6) is 2.51. The second kappa shape index (κ2) is 11.7. The molecule has 0 aliphatic rings. The summed E-state index contributed by atoms with van der Waals surface area (Å²) < 4.78 is 5.90. The minimum atomic E-state index is 0.687. The van der Waals surface area contributed by atoms with E-state index in [4.69, 9.17) is 4.74 Å². The molecule has 0 atom stereocenters. The van der Waals surface area contributed by atoms with Gasteiger partial charge in [-0.1, -0.05) is 32.0 Å². The van der Waals surface area contributed by atoms with Gasteiger partial charge in [0, 0.05) is 32.2 Å². The average Bonchev–Trinajstić information content (AvgIpc) is 2.54. The molecule has 5 nitrogen and oxygen atoms in total. The topological polar surface area (TPSA) is 48.9 Å². The maximum absolute atomic E-state index is 5.90. The number of para-hydroxylation sites is 1. The van der Waals surface area contributed by atoms with Gasteiger partial charge in [-0.15, -0.1) is 0 Å². The molecule has 2 N–H and O–H groups in total. The van der Waals surface area contributed by atoms with Crippen LogP contribution in [0.25, 0.3) is 0 Å². The molecule has 5 heteroatoms. The molecule has 0 radical (unpaired) electrons. The molecule has 24 heavy (non-hydrogen) atoms. The molecule has 1 aromatic rings. The SMILES string of the molecule is CN=C(NCCCC(C)C)NCc1ccccc1OCCN(C)C. The maximum atomic E-state index is 5.90. The molecule has 0 amide bonds. The number of hydrogen-bond acceptors (Lipinski definition) is 3. The Kier molecular flexibility index (Phi) is 9.92. The maximum Gasteiger partial charge on any atom is 0.191 e. The summed E-state index contributed by atoms with van der Waals surface area (Å²) >= 11 is 0. The predicted octanol–water partition coefficient (Wildman–Crippen LogP) is 2.73. The average molecular weight is 335 g/mol. The van der Waals surface area contributed by atoms with Crippen LogP contribution < -0.4 is 15.4 Å². The molecule has 0 saturated carbocycles. The Bertz CT molecular complexity index is 486. The molecule has 0 fully saturated rings. The van der Waals surface area contributed by atoms with Gasteiger partial charge < -0.3 is 20.3 Å². The van der Waals surface area contributed by atoms with Crippen molar-refractivity contribution in [3.8, 4) is 5.75 Å². The lowest BCUT2D eigenvalue weighted by Gasteiger charge is -2.16. The summed E-state index contributed by atoms with van der Waals surface area (Å²) in [5, 5.41) is 6.73. The van der Waals surface area contributed by atoms with Crippen LogP contribution in [-0.2, 0) is 6.54 Å². The number of benzene rings is 1. The van der Waals surface area contributed by atoms with Crippen molar-refractivity contribution in [1.82, 2.24) is 15.5 Å². The molecule has 0 spiro atoms. The summed E-state index contributed by atoms with van der Waals surface area (Å²) in [4.78, 5) is 6.40. The van der Waals surface area contributed by atoms with E-state index in [0.29, 0.717) is 13.2 Å². The van der Waals surface area contributed by atoms with E-state index in [1.807, 2.05) is 32.3 Å². The molecule has 0 saturated heterocycles. The smallest absolute Gasteiger partial charge is 0.191 e. The lowest BCUT2D eigenvalue weighted by Crippen LogP contribution is -2.37. The lowest BCUT2D eigenvalue weighted by molar-refractivity contribution is 0.259. The van der Waals surface area contributed by atoms with E-state index in [0.717, 1.165) is 42.7 Å². The molecular weight excluding hydrogens is 300 g/mol. The number of ether oxygens (including phenoxy) is 1. The van der Waals surface area contributed by atoms with Gasteiger partial charge in [-0.2, -0.15) is 0 Å². The molecule has 0 aliphatic heterocycles. The standard InChI is InChI=1S/C19H34N4O/c1-16(2)9-8-12-21-19(20-3)22-15-17-10-6-7-11-18(17)24-14-13-23(4)5/h6-7,10-11,16H,8-9,12-15H2,1-5H3,(H2,20,21,22). The van der Waals surface area contributed by atoms with Gasteiger partial charge in [0.15, 0.2) is 5.96 Å². The van der Waals surface area contributed by atoms with Crippen LogP contribution in [0.3, 0.4) is 0 Å². The Morgan fingerprint density at radius 1 is 1.21 bits per heavy atom. The molecular formula is C19H34N4O. The number of aliphatic imine (C=N–C) groups is 1. The second-order valence-electron chi connectivity index (χ2n) is 6.65. The quantitative estimate of drug-likeness (QED) is 0.392. The van der Waals surface area contributed by atoms with E-state index in [1.165, 1.54) is 6.42 Å². The van der Waals surface area contributed by atoms with Gasteiger partial charge in [0.05, 0.1) is 0 Å². The van der Waals surface area contributed by atoms with E-state index in [2.05, 4.69) is 40.4 Å². The monoisotopic (exact) mass is 334 g/mol. The van der Waals surface area contributed by atoms with Gasteiger partial charge in [-0.05, 0) is 38.9 Å². The number of nitrogens with zero attached hydrogens (tertiary/aromatic N) is 2. The zero-order valence-corrected chi connectivity index (χ0v) is 15.9. The van der Waals surface area contributed by atoms with Crippen molar-refractivity contribution in [2.45, 2.75) is 33.2 Å². The zero-order valence-electron chi connectivity index (χ0n) is 15.9. The third-order valence-electron chi connectivity index (χ3n) is 3.69. The number of likely N-dealkylation sites (N-methyl/N-ethyl adjacent to an activating group) is 1. The summed E-state index contributed by atoms with van der Waals surface area (Å²) in [6.07, 6.45) is 2.38. The van der Waals surface area contributed by atoms with Crippen LogP contribution in [0.2, 0.25) is 0 Å². The van der Waals surface area contributed by atoms with Crippen LogP contribution >= 0.6 is 0 Å². The highest BCUT2D eigenvalue weighted by atomic mass is 16.5. The molecule has 0 unspecified atom stereocenters. The van der Waals surface area contributed by atoms with E-state index >= 15 is 0 Å². The molecule has 1 rings (SSSR count). The van der Waals surface area contributed by atoms with Gasteiger partial charge in [0.25, 0.3) is 0 Å². The highest BCUT2D eigenvalue weighted by Gasteiger charge is 2.05. The van der Waals surface area contributed by atoms with Crippen molar-refractivity contribution in [2.75, 3.05) is 40.8 Å². The van der Waals surface area contributed by atoms with Crippen LogP contribution in [0.4, 0.5) is 0 Å². The van der Waals surface area contributed by atoms with Crippen molar-refractivity contribution >= 4 is 5.96 Å². The largest absolute Gasteiger partial charge is 0.492 e. The number of guanidine groups is 1. The van der Waals surface area contributed by atoms with E-state index in [9.17, 15) is 0 Å². The van der Waals surface area contributed by atoms with Crippen molar-refractivity contribution in [3.63, 3.8) is 0 Å². The van der Waals surface area contributed by atoms with Crippen LogP contribution in [0.5, 0.6) is 5.75 Å². The fourth-order valence-electron chi connectivity index (χ4n) is 2.25. The minimum absolute atomic E-state index is 0.687. The normalized spacial score (nSPS) is 11.9. The Balaban J connectivity index is 2.44. The third-order valence-corrected chi connectivity index (χ3v) is 3.69. The Labute approximate surface area is 147 Å². The highest BCUT2D eigenvalue weighted by molar-refractivity contribution is 5.79. The van der Waals surface area contributed by atoms with E-state index in [-0.39, 0.29) is 0 Å². The Hall–Kier alpha value is -1.75. The highest BCUT2D eigenvalue weighted by Crippen LogP contribution is 2.17. The van der Waals surface area contributed by atoms with Crippen molar-refractivity contribution in [1.29, 1.82) is 0 Å². The Morgan fingerprint density at radius 2 is 1.96 bits per heavy atom. The van der Waals surface area contributed by atoms with Crippen LogP contribution in [0.15, 0.2) is 29.3 Å². The summed E-state index contributed by atoms with van der Waals surface area (Å²) in [6.45, 7) is 7.73. The summed E-state index contributed by atoms with van der Waals surface area (Å²) in [7, 11) is 5.90. The van der Waals surface area contributed by atoms with Gasteiger partial charge in [-0.3, -0.25) is 4.99 Å². The first-order valence-corrected chi connectivity index (χ1v) is 8.83. The molecule has 136 valence electrons. The predicted molar refractivity (Wildman–Crippen MR) is 103 cm³/mol. The number of rotatable bonds is 10. The van der Waals surface area contributed by atoms with Crippen LogP contribution in [0.1, 0.15) is 32.3 Å². The third kappa shape index (κ3) is 8.77. The van der Waals surface area contributed by atoms with Crippen molar-refractivity contribution < 1.29 is 4.74 Å². The van der Waals surface area contributed by atoms with Gasteiger partial charge in [0.2, 0.25) is 0 Å². The second-order valence-corrected chi connectivity index (χ2v) is 6.65. The molecule has 1 aromatic carbocycles. The number of hydrogen-bond donors (Lipinski definition) is 2. The van der Waals surface area contributed by atoms with Crippen LogP contribution in [0, 0.1) is 5.92 Å². The first-order chi connectivity index (χ1) is 11.5.